The molecule has 0 amide bonds. The van der Waals surface area contributed by atoms with E-state index in [1.54, 1.807) is 0 Å². The first kappa shape index (κ1) is 24.2. The monoisotopic (exact) mass is 476 g/mol. The lowest BCUT2D eigenvalue weighted by atomic mass is 9.64. The molecule has 0 unspecified atom stereocenters. The first-order valence-electron chi connectivity index (χ1n) is 13.1. The molecule has 1 aliphatic carbocycles. The number of para-hydroxylation sites is 2. The normalized spacial score (nSPS) is 15.1. The third kappa shape index (κ3) is 4.30. The quantitative estimate of drug-likeness (QED) is 0.309. The number of phenols is 2. The molecular weight excluding hydrogens is 440 g/mol. The molecule has 4 aromatic carbocycles. The van der Waals surface area contributed by atoms with Crippen molar-refractivity contribution < 1.29 is 10.2 Å². The molecule has 184 valence electrons. The van der Waals surface area contributed by atoms with Crippen LogP contribution in [0.5, 0.6) is 11.5 Å². The molecule has 4 aromatic rings. The van der Waals surface area contributed by atoms with Crippen LogP contribution in [0, 0.1) is 27.7 Å². The second-order valence-corrected chi connectivity index (χ2v) is 10.8. The zero-order valence-corrected chi connectivity index (χ0v) is 21.9. The largest absolute Gasteiger partial charge is 0.507 e. The van der Waals surface area contributed by atoms with Crippen molar-refractivity contribution in [3.8, 4) is 33.8 Å². The summed E-state index contributed by atoms with van der Waals surface area (Å²) in [5.74, 6) is 0.668. The zero-order valence-electron chi connectivity index (χ0n) is 21.9. The molecule has 2 N–H and O–H groups in total. The van der Waals surface area contributed by atoms with Gasteiger partial charge in [0.1, 0.15) is 11.5 Å². The van der Waals surface area contributed by atoms with E-state index < -0.39 is 5.41 Å². The second kappa shape index (κ2) is 9.50. The van der Waals surface area contributed by atoms with Crippen molar-refractivity contribution in [2.24, 2.45) is 0 Å². The number of hydrogen-bond acceptors (Lipinski definition) is 2. The summed E-state index contributed by atoms with van der Waals surface area (Å²) in [7, 11) is 0. The molecule has 0 heterocycles. The highest BCUT2D eigenvalue weighted by Crippen LogP contribution is 2.53. The molecule has 0 aromatic heterocycles. The Labute approximate surface area is 215 Å². The summed E-state index contributed by atoms with van der Waals surface area (Å²) in [5.41, 5.74) is 9.92. The Morgan fingerprint density at radius 2 is 0.917 bits per heavy atom. The minimum atomic E-state index is -0.434. The third-order valence-electron chi connectivity index (χ3n) is 7.88. The van der Waals surface area contributed by atoms with Crippen LogP contribution in [0.25, 0.3) is 22.3 Å². The smallest absolute Gasteiger partial charge is 0.127 e. The molecule has 5 rings (SSSR count). The van der Waals surface area contributed by atoms with Gasteiger partial charge in [-0.2, -0.15) is 0 Å². The van der Waals surface area contributed by atoms with E-state index in [0.717, 1.165) is 59.1 Å². The van der Waals surface area contributed by atoms with E-state index in [1.165, 1.54) is 28.7 Å². The molecule has 0 atom stereocenters. The van der Waals surface area contributed by atoms with Crippen LogP contribution in [-0.2, 0) is 5.41 Å². The average molecular weight is 477 g/mol. The van der Waals surface area contributed by atoms with Crippen LogP contribution in [-0.4, -0.2) is 10.2 Å². The van der Waals surface area contributed by atoms with Gasteiger partial charge in [0, 0.05) is 27.7 Å². The van der Waals surface area contributed by atoms with Gasteiger partial charge in [-0.3, -0.25) is 0 Å². The Morgan fingerprint density at radius 3 is 1.31 bits per heavy atom. The van der Waals surface area contributed by atoms with Crippen molar-refractivity contribution in [1.29, 1.82) is 0 Å². The molecule has 1 fully saturated rings. The van der Waals surface area contributed by atoms with Gasteiger partial charge in [0.15, 0.2) is 0 Å². The van der Waals surface area contributed by atoms with Crippen molar-refractivity contribution in [3.05, 3.63) is 106 Å². The van der Waals surface area contributed by atoms with Crippen molar-refractivity contribution >= 4 is 0 Å². The number of rotatable bonds is 4. The van der Waals surface area contributed by atoms with E-state index in [1.807, 2.05) is 12.1 Å². The maximum atomic E-state index is 11.8. The Hall–Kier alpha value is -3.52. The van der Waals surface area contributed by atoms with Gasteiger partial charge in [0.2, 0.25) is 0 Å². The highest BCUT2D eigenvalue weighted by atomic mass is 16.3. The van der Waals surface area contributed by atoms with Crippen LogP contribution in [0.2, 0.25) is 0 Å². The summed E-state index contributed by atoms with van der Waals surface area (Å²) >= 11 is 0. The van der Waals surface area contributed by atoms with E-state index in [9.17, 15) is 10.2 Å². The van der Waals surface area contributed by atoms with Crippen molar-refractivity contribution in [1.82, 2.24) is 0 Å². The van der Waals surface area contributed by atoms with Crippen LogP contribution in [0.1, 0.15) is 65.5 Å². The van der Waals surface area contributed by atoms with E-state index in [-0.39, 0.29) is 0 Å². The first-order valence-corrected chi connectivity index (χ1v) is 13.1. The van der Waals surface area contributed by atoms with Gasteiger partial charge in [-0.15, -0.1) is 0 Å². The van der Waals surface area contributed by atoms with Gasteiger partial charge >= 0.3 is 0 Å². The fourth-order valence-electron chi connectivity index (χ4n) is 6.42. The molecule has 0 radical (unpaired) electrons. The number of phenolic OH excluding ortho intramolecular Hbond substituents is 2. The first-order chi connectivity index (χ1) is 17.3. The van der Waals surface area contributed by atoms with Gasteiger partial charge in [0.05, 0.1) is 0 Å². The standard InChI is InChI=1S/C34H36O2/c1-22-16-23(2)19-26(18-22)28-10-8-12-30(32(28)35)34(14-6-5-7-15-34)31-13-9-11-29(33(31)36)27-20-24(3)17-25(4)21-27/h8-13,16-21,35-36H,5-7,14-15H2,1-4H3. The summed E-state index contributed by atoms with van der Waals surface area (Å²) < 4.78 is 0. The van der Waals surface area contributed by atoms with Crippen LogP contribution < -0.4 is 0 Å². The molecule has 2 nitrogen and oxygen atoms in total. The summed E-state index contributed by atoms with van der Waals surface area (Å²) in [6, 6.07) is 25.1. The van der Waals surface area contributed by atoms with Crippen LogP contribution in [0.4, 0.5) is 0 Å². The summed E-state index contributed by atoms with van der Waals surface area (Å²) in [5, 5.41) is 23.5. The number of aromatic hydroxyl groups is 2. The Bertz CT molecular complexity index is 1280. The highest BCUT2D eigenvalue weighted by molar-refractivity contribution is 5.77. The molecule has 1 saturated carbocycles. The zero-order chi connectivity index (χ0) is 25.4. The van der Waals surface area contributed by atoms with Crippen molar-refractivity contribution in [2.45, 2.75) is 65.2 Å². The van der Waals surface area contributed by atoms with Crippen LogP contribution >= 0.6 is 0 Å². The van der Waals surface area contributed by atoms with E-state index >= 15 is 0 Å². The average Bonchev–Trinajstić information content (AvgIpc) is 2.83. The van der Waals surface area contributed by atoms with E-state index in [4.69, 9.17) is 0 Å². The van der Waals surface area contributed by atoms with E-state index in [0.29, 0.717) is 11.5 Å². The van der Waals surface area contributed by atoms with Crippen molar-refractivity contribution in [3.63, 3.8) is 0 Å². The number of hydrogen-bond donors (Lipinski definition) is 2. The SMILES string of the molecule is Cc1cc(C)cc(-c2cccc(C3(c4cccc(-c5cc(C)cc(C)c5)c4O)CCCCC3)c2O)c1. The Balaban J connectivity index is 1.71. The maximum absolute atomic E-state index is 11.8. The van der Waals surface area contributed by atoms with Gasteiger partial charge < -0.3 is 10.2 Å². The molecule has 0 aliphatic heterocycles. The predicted octanol–water partition coefficient (Wildman–Crippen LogP) is 8.92. The van der Waals surface area contributed by atoms with Gasteiger partial charge in [-0.05, 0) is 51.7 Å². The molecule has 36 heavy (non-hydrogen) atoms. The minimum Gasteiger partial charge on any atom is -0.507 e. The summed E-state index contributed by atoms with van der Waals surface area (Å²) in [6.45, 7) is 8.38. The minimum absolute atomic E-state index is 0.334. The Kier molecular flexibility index (Phi) is 6.38. The van der Waals surface area contributed by atoms with Gasteiger partial charge in [-0.25, -0.2) is 0 Å². The lowest BCUT2D eigenvalue weighted by Crippen LogP contribution is -2.31. The molecule has 0 spiro atoms. The molecule has 0 saturated heterocycles. The lowest BCUT2D eigenvalue weighted by molar-refractivity contribution is 0.322. The fourth-order valence-corrected chi connectivity index (χ4v) is 6.42. The van der Waals surface area contributed by atoms with E-state index in [2.05, 4.69) is 88.4 Å². The number of benzene rings is 4. The highest BCUT2D eigenvalue weighted by Gasteiger charge is 2.40. The van der Waals surface area contributed by atoms with Crippen molar-refractivity contribution in [2.75, 3.05) is 0 Å². The second-order valence-electron chi connectivity index (χ2n) is 10.8. The molecule has 0 bridgehead atoms. The molecule has 2 heteroatoms. The third-order valence-corrected chi connectivity index (χ3v) is 7.88. The maximum Gasteiger partial charge on any atom is 0.127 e. The molecular formula is C34H36O2. The topological polar surface area (TPSA) is 40.5 Å². The summed E-state index contributed by atoms with van der Waals surface area (Å²) in [4.78, 5) is 0. The number of aryl methyl sites for hydroxylation is 4. The fraction of sp³-hybridized carbons (Fsp3) is 0.294. The van der Waals surface area contributed by atoms with Crippen LogP contribution in [0.15, 0.2) is 72.8 Å². The van der Waals surface area contributed by atoms with Crippen LogP contribution in [0.3, 0.4) is 0 Å². The Morgan fingerprint density at radius 1 is 0.528 bits per heavy atom. The van der Waals surface area contributed by atoms with Gasteiger partial charge in [0.25, 0.3) is 0 Å². The predicted molar refractivity (Wildman–Crippen MR) is 150 cm³/mol. The van der Waals surface area contributed by atoms with Gasteiger partial charge in [-0.1, -0.05) is 114 Å². The molecule has 1 aliphatic rings. The lowest BCUT2D eigenvalue weighted by Gasteiger charge is -2.40. The summed E-state index contributed by atoms with van der Waals surface area (Å²) in [6.07, 6.45) is 5.12.